The van der Waals surface area contributed by atoms with E-state index in [2.05, 4.69) is 28.1 Å². The summed E-state index contributed by atoms with van der Waals surface area (Å²) in [5.74, 6) is 2.18. The van der Waals surface area contributed by atoms with Gasteiger partial charge in [0.1, 0.15) is 6.04 Å². The maximum absolute atomic E-state index is 13.2. The van der Waals surface area contributed by atoms with Gasteiger partial charge in [-0.15, -0.1) is 23.7 Å². The number of benzene rings is 1. The number of nitrogens with zero attached hydrogens (tertiary/aromatic N) is 3. The van der Waals surface area contributed by atoms with Crippen LogP contribution in [0.1, 0.15) is 28.9 Å². The lowest BCUT2D eigenvalue weighted by Crippen LogP contribution is -2.57. The summed E-state index contributed by atoms with van der Waals surface area (Å²) < 4.78 is 0.938. The Hall–Kier alpha value is -2.11. The zero-order valence-electron chi connectivity index (χ0n) is 18.3. The van der Waals surface area contributed by atoms with E-state index in [-0.39, 0.29) is 18.2 Å². The highest BCUT2D eigenvalue weighted by Gasteiger charge is 2.31. The molecular weight excluding hydrogens is 444 g/mol. The van der Waals surface area contributed by atoms with Crippen LogP contribution in [0.15, 0.2) is 24.3 Å². The van der Waals surface area contributed by atoms with Crippen molar-refractivity contribution in [3.8, 4) is 12.3 Å². The Bertz CT molecular complexity index is 1020. The minimum Gasteiger partial charge on any atom is -0.339 e. The number of carbonyl (C=O) groups excluding carboxylic acids is 2. The van der Waals surface area contributed by atoms with Gasteiger partial charge in [0, 0.05) is 48.4 Å². The van der Waals surface area contributed by atoms with Crippen molar-refractivity contribution in [2.24, 2.45) is 0 Å². The second-order valence-electron chi connectivity index (χ2n) is 8.62. The van der Waals surface area contributed by atoms with Gasteiger partial charge in [0.05, 0.1) is 4.88 Å². The molecule has 2 fully saturated rings. The van der Waals surface area contributed by atoms with Gasteiger partial charge < -0.3 is 15.1 Å². The van der Waals surface area contributed by atoms with Crippen molar-refractivity contribution >= 4 is 44.8 Å². The number of fused-ring (bicyclic) bond motifs is 1. The Morgan fingerprint density at radius 3 is 2.59 bits per heavy atom. The molecule has 2 saturated heterocycles. The number of hydrogen-bond acceptors (Lipinski definition) is 5. The van der Waals surface area contributed by atoms with Gasteiger partial charge in [0.2, 0.25) is 5.91 Å². The van der Waals surface area contributed by atoms with Gasteiger partial charge in [-0.3, -0.25) is 14.5 Å². The first kappa shape index (κ1) is 23.1. The number of thiophene rings is 1. The van der Waals surface area contributed by atoms with Crippen molar-refractivity contribution < 1.29 is 9.59 Å². The number of piperidine rings is 1. The molecule has 0 bridgehead atoms. The second kappa shape index (κ2) is 10.2. The molecule has 2 amide bonds. The first-order valence-electron chi connectivity index (χ1n) is 11.1. The van der Waals surface area contributed by atoms with Gasteiger partial charge in [-0.25, -0.2) is 0 Å². The average molecular weight is 473 g/mol. The fourth-order valence-electron chi connectivity index (χ4n) is 4.55. The zero-order valence-corrected chi connectivity index (χ0v) is 19.9. The normalized spacial score (nSPS) is 19.6. The molecule has 0 radical (unpaired) electrons. The van der Waals surface area contributed by atoms with E-state index in [0.717, 1.165) is 36.3 Å². The number of amides is 2. The summed E-state index contributed by atoms with van der Waals surface area (Å²) in [4.78, 5) is 33.3. The Morgan fingerprint density at radius 1 is 1.19 bits per heavy atom. The van der Waals surface area contributed by atoms with Crippen LogP contribution in [0.25, 0.3) is 10.1 Å². The summed E-state index contributed by atoms with van der Waals surface area (Å²) in [6.07, 6.45) is 8.06. The number of terminal acetylenes is 1. The molecule has 2 aliphatic rings. The average Bonchev–Trinajstić information content (AvgIpc) is 3.22. The third kappa shape index (κ3) is 5.26. The van der Waals surface area contributed by atoms with Crippen LogP contribution < -0.4 is 5.32 Å². The SMILES string of the molecule is C#CC[C@@H](NC(=O)c1cc2ccc(Cl)cc2s1)C(=O)N1CCN(C2CCN(C)CC2)CC1. The van der Waals surface area contributed by atoms with Crippen LogP contribution in [0.5, 0.6) is 0 Å². The fraction of sp³-hybridized carbons (Fsp3) is 0.500. The van der Waals surface area contributed by atoms with Gasteiger partial charge in [-0.05, 0) is 56.6 Å². The number of rotatable bonds is 5. The number of halogens is 1. The van der Waals surface area contributed by atoms with Crippen LogP contribution in [0, 0.1) is 12.3 Å². The topological polar surface area (TPSA) is 55.9 Å². The summed E-state index contributed by atoms with van der Waals surface area (Å²) in [5.41, 5.74) is 0. The Kier molecular flexibility index (Phi) is 7.37. The molecule has 3 heterocycles. The van der Waals surface area contributed by atoms with Crippen LogP contribution in [-0.4, -0.2) is 84.9 Å². The first-order chi connectivity index (χ1) is 15.4. The molecule has 1 N–H and O–H groups in total. The first-order valence-corrected chi connectivity index (χ1v) is 12.3. The zero-order chi connectivity index (χ0) is 22.7. The number of likely N-dealkylation sites (tertiary alicyclic amines) is 1. The van der Waals surface area contributed by atoms with Gasteiger partial charge in [-0.2, -0.15) is 0 Å². The fourth-order valence-corrected chi connectivity index (χ4v) is 5.79. The molecule has 2 aromatic rings. The van der Waals surface area contributed by atoms with Crippen molar-refractivity contribution in [1.82, 2.24) is 20.0 Å². The Morgan fingerprint density at radius 2 is 1.91 bits per heavy atom. The molecule has 6 nitrogen and oxygen atoms in total. The van der Waals surface area contributed by atoms with Crippen molar-refractivity contribution in [3.63, 3.8) is 0 Å². The van der Waals surface area contributed by atoms with Crippen molar-refractivity contribution in [2.75, 3.05) is 46.3 Å². The van der Waals surface area contributed by atoms with Crippen molar-refractivity contribution in [3.05, 3.63) is 34.2 Å². The number of nitrogens with one attached hydrogen (secondary N) is 1. The molecule has 1 atom stereocenters. The molecule has 2 aliphatic heterocycles. The van der Waals surface area contributed by atoms with E-state index in [1.54, 1.807) is 6.07 Å². The van der Waals surface area contributed by atoms with E-state index in [1.165, 1.54) is 24.2 Å². The summed E-state index contributed by atoms with van der Waals surface area (Å²) in [6, 6.07) is 7.24. The van der Waals surface area contributed by atoms with Crippen molar-refractivity contribution in [2.45, 2.75) is 31.3 Å². The van der Waals surface area contributed by atoms with Crippen LogP contribution >= 0.6 is 22.9 Å². The highest BCUT2D eigenvalue weighted by Crippen LogP contribution is 2.28. The predicted octanol–water partition coefficient (Wildman–Crippen LogP) is 2.91. The highest BCUT2D eigenvalue weighted by atomic mass is 35.5. The van der Waals surface area contributed by atoms with E-state index in [1.807, 2.05) is 23.1 Å². The monoisotopic (exact) mass is 472 g/mol. The molecule has 170 valence electrons. The summed E-state index contributed by atoms with van der Waals surface area (Å²) >= 11 is 7.42. The standard InChI is InChI=1S/C24H29ClN4O2S/c1-3-4-20(26-23(30)22-15-17-5-6-18(25)16-21(17)32-22)24(31)29-13-11-28(12-14-29)19-7-9-27(2)10-8-19/h1,5-6,15-16,19-20H,4,7-14H2,2H3,(H,26,30)/t20-/m1/s1. The van der Waals surface area contributed by atoms with E-state index in [4.69, 9.17) is 18.0 Å². The third-order valence-electron chi connectivity index (χ3n) is 6.46. The van der Waals surface area contributed by atoms with E-state index in [0.29, 0.717) is 29.0 Å². The van der Waals surface area contributed by atoms with Crippen LogP contribution in [0.2, 0.25) is 5.02 Å². The number of hydrogen-bond donors (Lipinski definition) is 1. The van der Waals surface area contributed by atoms with Crippen LogP contribution in [-0.2, 0) is 4.79 Å². The Labute approximate surface area is 198 Å². The molecule has 0 unspecified atom stereocenters. The van der Waals surface area contributed by atoms with E-state index in [9.17, 15) is 9.59 Å². The van der Waals surface area contributed by atoms with Gasteiger partial charge in [0.25, 0.3) is 5.91 Å². The number of carbonyl (C=O) groups is 2. The molecule has 4 rings (SSSR count). The summed E-state index contributed by atoms with van der Waals surface area (Å²) in [6.45, 7) is 5.34. The molecule has 1 aromatic heterocycles. The quantitative estimate of drug-likeness (QED) is 0.680. The molecule has 0 saturated carbocycles. The van der Waals surface area contributed by atoms with Gasteiger partial charge in [-0.1, -0.05) is 17.7 Å². The Balaban J connectivity index is 1.36. The lowest BCUT2D eigenvalue weighted by Gasteiger charge is -2.42. The summed E-state index contributed by atoms with van der Waals surface area (Å²) in [7, 11) is 2.17. The van der Waals surface area contributed by atoms with E-state index < -0.39 is 6.04 Å². The van der Waals surface area contributed by atoms with Gasteiger partial charge in [0.15, 0.2) is 0 Å². The van der Waals surface area contributed by atoms with Crippen LogP contribution in [0.3, 0.4) is 0 Å². The summed E-state index contributed by atoms with van der Waals surface area (Å²) in [5, 5.41) is 4.46. The highest BCUT2D eigenvalue weighted by molar-refractivity contribution is 7.20. The molecule has 0 aliphatic carbocycles. The molecule has 1 aromatic carbocycles. The third-order valence-corrected chi connectivity index (χ3v) is 7.79. The number of piperazine rings is 1. The molecule has 0 spiro atoms. The minimum absolute atomic E-state index is 0.0940. The van der Waals surface area contributed by atoms with Gasteiger partial charge >= 0.3 is 0 Å². The smallest absolute Gasteiger partial charge is 0.262 e. The minimum atomic E-state index is -0.712. The lowest BCUT2D eigenvalue weighted by molar-refractivity contribution is -0.135. The molecular formula is C24H29ClN4O2S. The van der Waals surface area contributed by atoms with Crippen LogP contribution in [0.4, 0.5) is 0 Å². The predicted molar refractivity (Wildman–Crippen MR) is 130 cm³/mol. The molecule has 8 heteroatoms. The van der Waals surface area contributed by atoms with E-state index >= 15 is 0 Å². The van der Waals surface area contributed by atoms with Crippen molar-refractivity contribution in [1.29, 1.82) is 0 Å². The second-order valence-corrected chi connectivity index (χ2v) is 10.1. The molecule has 32 heavy (non-hydrogen) atoms. The lowest BCUT2D eigenvalue weighted by atomic mass is 10.0. The largest absolute Gasteiger partial charge is 0.339 e. The maximum atomic E-state index is 13.2. The maximum Gasteiger partial charge on any atom is 0.262 e.